The molecule has 5 heteroatoms. The highest BCUT2D eigenvalue weighted by Crippen LogP contribution is 2.29. The van der Waals surface area contributed by atoms with Crippen LogP contribution < -0.4 is 4.74 Å². The lowest BCUT2D eigenvalue weighted by molar-refractivity contribution is 0.315. The van der Waals surface area contributed by atoms with Crippen LogP contribution in [0.5, 0.6) is 5.75 Å². The SMILES string of the molecule is CCCOc1ccc(/C=C(/C#N)c2nc3ccccc3n2CC)cc1Br. The lowest BCUT2D eigenvalue weighted by Gasteiger charge is -2.08. The highest BCUT2D eigenvalue weighted by Gasteiger charge is 2.13. The van der Waals surface area contributed by atoms with Crippen molar-refractivity contribution in [2.75, 3.05) is 6.61 Å². The molecule has 0 amide bonds. The van der Waals surface area contributed by atoms with E-state index in [1.807, 2.05) is 48.5 Å². The average molecular weight is 410 g/mol. The highest BCUT2D eigenvalue weighted by molar-refractivity contribution is 9.10. The summed E-state index contributed by atoms with van der Waals surface area (Å²) in [7, 11) is 0. The second-order valence-electron chi connectivity index (χ2n) is 5.88. The monoisotopic (exact) mass is 409 g/mol. The number of halogens is 1. The first-order chi connectivity index (χ1) is 12.7. The average Bonchev–Trinajstić information content (AvgIpc) is 3.03. The zero-order chi connectivity index (χ0) is 18.5. The zero-order valence-electron chi connectivity index (χ0n) is 14.9. The van der Waals surface area contributed by atoms with Crippen molar-refractivity contribution in [1.29, 1.82) is 5.26 Å². The molecule has 4 nitrogen and oxygen atoms in total. The minimum Gasteiger partial charge on any atom is -0.492 e. The Bertz CT molecular complexity index is 998. The van der Waals surface area contributed by atoms with E-state index in [1.165, 1.54) is 0 Å². The number of benzene rings is 2. The maximum atomic E-state index is 9.72. The van der Waals surface area contributed by atoms with E-state index >= 15 is 0 Å². The van der Waals surface area contributed by atoms with Gasteiger partial charge in [-0.15, -0.1) is 0 Å². The quantitative estimate of drug-likeness (QED) is 0.492. The largest absolute Gasteiger partial charge is 0.492 e. The Kier molecular flexibility index (Phi) is 5.75. The smallest absolute Gasteiger partial charge is 0.151 e. The van der Waals surface area contributed by atoms with Crippen molar-refractivity contribution >= 4 is 38.6 Å². The summed E-state index contributed by atoms with van der Waals surface area (Å²) < 4.78 is 8.63. The third-order valence-electron chi connectivity index (χ3n) is 4.06. The summed E-state index contributed by atoms with van der Waals surface area (Å²) in [5, 5.41) is 9.72. The van der Waals surface area contributed by atoms with Gasteiger partial charge in [-0.25, -0.2) is 4.98 Å². The summed E-state index contributed by atoms with van der Waals surface area (Å²) in [5.41, 5.74) is 3.40. The van der Waals surface area contributed by atoms with E-state index in [9.17, 15) is 5.26 Å². The van der Waals surface area contributed by atoms with Gasteiger partial charge in [-0.1, -0.05) is 25.1 Å². The normalized spacial score (nSPS) is 11.5. The van der Waals surface area contributed by atoms with Gasteiger partial charge in [0.15, 0.2) is 5.82 Å². The van der Waals surface area contributed by atoms with E-state index in [1.54, 1.807) is 0 Å². The molecule has 0 atom stereocenters. The van der Waals surface area contributed by atoms with Crippen molar-refractivity contribution in [2.45, 2.75) is 26.8 Å². The van der Waals surface area contributed by atoms with E-state index in [0.29, 0.717) is 18.0 Å². The van der Waals surface area contributed by atoms with Crippen molar-refractivity contribution < 1.29 is 4.74 Å². The maximum Gasteiger partial charge on any atom is 0.151 e. The fraction of sp³-hybridized carbons (Fsp3) is 0.238. The molecule has 1 heterocycles. The van der Waals surface area contributed by atoms with E-state index in [2.05, 4.69) is 45.4 Å². The molecular weight excluding hydrogens is 390 g/mol. The molecule has 132 valence electrons. The van der Waals surface area contributed by atoms with Gasteiger partial charge in [0.2, 0.25) is 0 Å². The molecular formula is C21H20BrN3O. The van der Waals surface area contributed by atoms with Crippen molar-refractivity contribution in [3.05, 3.63) is 58.3 Å². The van der Waals surface area contributed by atoms with Gasteiger partial charge in [-0.05, 0) is 65.2 Å². The van der Waals surface area contributed by atoms with Crippen LogP contribution in [0.25, 0.3) is 22.7 Å². The lowest BCUT2D eigenvalue weighted by Crippen LogP contribution is -2.00. The topological polar surface area (TPSA) is 50.8 Å². The second-order valence-corrected chi connectivity index (χ2v) is 6.73. The van der Waals surface area contributed by atoms with Crippen molar-refractivity contribution in [1.82, 2.24) is 9.55 Å². The standard InChI is InChI=1S/C21H20BrN3O/c1-3-11-26-20-10-9-15(13-17(20)22)12-16(14-23)21-24-18-7-5-6-8-19(18)25(21)4-2/h5-10,12-13H,3-4,11H2,1-2H3/b16-12-. The van der Waals surface area contributed by atoms with Crippen LogP contribution in [0, 0.1) is 11.3 Å². The van der Waals surface area contributed by atoms with Gasteiger partial charge < -0.3 is 9.30 Å². The third-order valence-corrected chi connectivity index (χ3v) is 4.68. The van der Waals surface area contributed by atoms with Crippen LogP contribution in [0.3, 0.4) is 0 Å². The first kappa shape index (κ1) is 18.2. The molecule has 0 saturated carbocycles. The molecule has 0 radical (unpaired) electrons. The predicted molar refractivity (Wildman–Crippen MR) is 109 cm³/mol. The third kappa shape index (κ3) is 3.66. The Morgan fingerprint density at radius 1 is 1.27 bits per heavy atom. The number of ether oxygens (including phenoxy) is 1. The number of para-hydroxylation sites is 2. The van der Waals surface area contributed by atoms with Crippen LogP contribution in [0.2, 0.25) is 0 Å². The first-order valence-electron chi connectivity index (χ1n) is 8.67. The molecule has 0 N–H and O–H groups in total. The van der Waals surface area contributed by atoms with Gasteiger partial charge in [0, 0.05) is 6.54 Å². The number of allylic oxidation sites excluding steroid dienone is 1. The predicted octanol–water partition coefficient (Wildman–Crippen LogP) is 5.67. The van der Waals surface area contributed by atoms with E-state index < -0.39 is 0 Å². The molecule has 0 fully saturated rings. The number of aryl methyl sites for hydroxylation is 1. The van der Waals surface area contributed by atoms with Crippen molar-refractivity contribution in [2.24, 2.45) is 0 Å². The Balaban J connectivity index is 2.02. The maximum absolute atomic E-state index is 9.72. The van der Waals surface area contributed by atoms with E-state index in [-0.39, 0.29) is 0 Å². The molecule has 3 aromatic rings. The molecule has 0 bridgehead atoms. The molecule has 0 saturated heterocycles. The molecule has 3 rings (SSSR count). The number of nitrogens with zero attached hydrogens (tertiary/aromatic N) is 3. The summed E-state index contributed by atoms with van der Waals surface area (Å²) in [6.45, 7) is 5.56. The van der Waals surface area contributed by atoms with Crippen LogP contribution in [-0.2, 0) is 6.54 Å². The van der Waals surface area contributed by atoms with Crippen molar-refractivity contribution in [3.8, 4) is 11.8 Å². The Labute approximate surface area is 161 Å². The zero-order valence-corrected chi connectivity index (χ0v) is 16.5. The fourth-order valence-electron chi connectivity index (χ4n) is 2.85. The number of fused-ring (bicyclic) bond motifs is 1. The molecule has 0 spiro atoms. The molecule has 0 unspecified atom stereocenters. The van der Waals surface area contributed by atoms with Crippen LogP contribution in [-0.4, -0.2) is 16.2 Å². The molecule has 1 aromatic heterocycles. The van der Waals surface area contributed by atoms with Gasteiger partial charge >= 0.3 is 0 Å². The van der Waals surface area contributed by atoms with Gasteiger partial charge in [-0.2, -0.15) is 5.26 Å². The summed E-state index contributed by atoms with van der Waals surface area (Å²) >= 11 is 3.54. The Morgan fingerprint density at radius 2 is 2.08 bits per heavy atom. The van der Waals surface area contributed by atoms with Gasteiger partial charge in [0.25, 0.3) is 0 Å². The minimum absolute atomic E-state index is 0.539. The number of hydrogen-bond acceptors (Lipinski definition) is 3. The summed E-state index contributed by atoms with van der Waals surface area (Å²) in [5.74, 6) is 1.50. The molecule has 0 aliphatic carbocycles. The van der Waals surface area contributed by atoms with Gasteiger partial charge in [0.1, 0.15) is 11.8 Å². The number of nitriles is 1. The van der Waals surface area contributed by atoms with E-state index in [4.69, 9.17) is 4.74 Å². The van der Waals surface area contributed by atoms with Crippen LogP contribution in [0.15, 0.2) is 46.9 Å². The van der Waals surface area contributed by atoms with E-state index in [0.717, 1.165) is 39.8 Å². The van der Waals surface area contributed by atoms with Crippen molar-refractivity contribution in [3.63, 3.8) is 0 Å². The van der Waals surface area contributed by atoms with Gasteiger partial charge in [0.05, 0.1) is 27.7 Å². The number of hydrogen-bond donors (Lipinski definition) is 0. The summed E-state index contributed by atoms with van der Waals surface area (Å²) in [6, 6.07) is 16.1. The molecule has 26 heavy (non-hydrogen) atoms. The first-order valence-corrected chi connectivity index (χ1v) is 9.47. The number of rotatable bonds is 6. The van der Waals surface area contributed by atoms with Crippen LogP contribution >= 0.6 is 15.9 Å². The van der Waals surface area contributed by atoms with Crippen LogP contribution in [0.1, 0.15) is 31.7 Å². The lowest BCUT2D eigenvalue weighted by atomic mass is 10.1. The Hall–Kier alpha value is -2.58. The highest BCUT2D eigenvalue weighted by atomic mass is 79.9. The fourth-order valence-corrected chi connectivity index (χ4v) is 3.36. The summed E-state index contributed by atoms with van der Waals surface area (Å²) in [4.78, 5) is 4.67. The van der Waals surface area contributed by atoms with Gasteiger partial charge in [-0.3, -0.25) is 0 Å². The summed E-state index contributed by atoms with van der Waals surface area (Å²) in [6.07, 6.45) is 2.82. The molecule has 2 aromatic carbocycles. The van der Waals surface area contributed by atoms with Crippen LogP contribution in [0.4, 0.5) is 0 Å². The Morgan fingerprint density at radius 3 is 2.77 bits per heavy atom. The molecule has 0 aliphatic rings. The minimum atomic E-state index is 0.539. The number of aromatic nitrogens is 2. The molecule has 0 aliphatic heterocycles. The number of imidazole rings is 1. The second kappa shape index (κ2) is 8.20.